The molecule has 0 saturated heterocycles. The largest absolute Gasteiger partial charge is 0.391 e. The summed E-state index contributed by atoms with van der Waals surface area (Å²) in [6, 6.07) is 1.70. The third-order valence-corrected chi connectivity index (χ3v) is 2.84. The summed E-state index contributed by atoms with van der Waals surface area (Å²) in [4.78, 5) is 4.22. The molecule has 2 rings (SSSR count). The van der Waals surface area contributed by atoms with Gasteiger partial charge in [0.15, 0.2) is 0 Å². The van der Waals surface area contributed by atoms with Crippen LogP contribution in [-0.4, -0.2) is 16.2 Å². The van der Waals surface area contributed by atoms with Crippen LogP contribution >= 0.6 is 15.9 Å². The van der Waals surface area contributed by atoms with E-state index in [2.05, 4.69) is 20.9 Å². The van der Waals surface area contributed by atoms with Gasteiger partial charge in [-0.25, -0.2) is 0 Å². The molecule has 3 nitrogen and oxygen atoms in total. The molecule has 0 bridgehead atoms. The minimum atomic E-state index is -0.443. The molecule has 0 saturated carbocycles. The number of rotatable bonds is 0. The number of hydrogen-bond acceptors (Lipinski definition) is 3. The number of pyridine rings is 1. The Morgan fingerprint density at radius 3 is 3.15 bits per heavy atom. The van der Waals surface area contributed by atoms with Gasteiger partial charge < -0.3 is 10.8 Å². The van der Waals surface area contributed by atoms with Gasteiger partial charge in [0.25, 0.3) is 0 Å². The van der Waals surface area contributed by atoms with E-state index in [1.54, 1.807) is 6.20 Å². The van der Waals surface area contributed by atoms with Gasteiger partial charge in [-0.05, 0) is 40.4 Å². The zero-order chi connectivity index (χ0) is 9.42. The van der Waals surface area contributed by atoms with Crippen molar-refractivity contribution in [1.29, 1.82) is 0 Å². The molecule has 4 heteroatoms. The van der Waals surface area contributed by atoms with Crippen LogP contribution in [0.1, 0.15) is 23.7 Å². The molecule has 0 unspecified atom stereocenters. The lowest BCUT2D eigenvalue weighted by Gasteiger charge is -2.26. The topological polar surface area (TPSA) is 59.1 Å². The number of hydrogen-bond donors (Lipinski definition) is 2. The average molecular weight is 243 g/mol. The summed E-state index contributed by atoms with van der Waals surface area (Å²) >= 11 is 3.36. The van der Waals surface area contributed by atoms with Crippen molar-refractivity contribution in [2.75, 3.05) is 0 Å². The van der Waals surface area contributed by atoms with Crippen molar-refractivity contribution in [1.82, 2.24) is 4.98 Å². The van der Waals surface area contributed by atoms with Crippen LogP contribution in [0.2, 0.25) is 0 Å². The third-order valence-electron chi connectivity index (χ3n) is 2.41. The fraction of sp³-hybridized carbons (Fsp3) is 0.444. The molecule has 1 aliphatic rings. The highest BCUT2D eigenvalue weighted by Gasteiger charge is 2.25. The molecule has 70 valence electrons. The Labute approximate surface area is 85.1 Å². The van der Waals surface area contributed by atoms with E-state index in [9.17, 15) is 5.11 Å². The zero-order valence-corrected chi connectivity index (χ0v) is 8.66. The van der Waals surface area contributed by atoms with Gasteiger partial charge in [-0.2, -0.15) is 0 Å². The lowest BCUT2D eigenvalue weighted by molar-refractivity contribution is 0.126. The molecule has 1 aromatic heterocycles. The quantitative estimate of drug-likeness (QED) is 0.718. The third kappa shape index (κ3) is 1.61. The van der Waals surface area contributed by atoms with Gasteiger partial charge in [-0.15, -0.1) is 0 Å². The Balaban J connectivity index is 2.44. The molecule has 0 amide bonds. The summed E-state index contributed by atoms with van der Waals surface area (Å²) in [5.41, 5.74) is 7.79. The van der Waals surface area contributed by atoms with E-state index in [4.69, 9.17) is 5.73 Å². The van der Waals surface area contributed by atoms with Crippen LogP contribution in [0.4, 0.5) is 0 Å². The van der Waals surface area contributed by atoms with Crippen molar-refractivity contribution in [3.63, 3.8) is 0 Å². The smallest absolute Gasteiger partial charge is 0.0751 e. The normalized spacial score (nSPS) is 27.0. The molecule has 0 fully saturated rings. The first-order valence-electron chi connectivity index (χ1n) is 4.26. The van der Waals surface area contributed by atoms with E-state index < -0.39 is 6.10 Å². The zero-order valence-electron chi connectivity index (χ0n) is 7.07. The maximum Gasteiger partial charge on any atom is 0.0751 e. The molecule has 0 radical (unpaired) electrons. The van der Waals surface area contributed by atoms with Gasteiger partial charge in [0.2, 0.25) is 0 Å². The number of aliphatic hydroxyl groups is 1. The van der Waals surface area contributed by atoms with E-state index in [0.717, 1.165) is 28.6 Å². The van der Waals surface area contributed by atoms with E-state index in [0.29, 0.717) is 0 Å². The van der Waals surface area contributed by atoms with Crippen molar-refractivity contribution in [2.45, 2.75) is 25.0 Å². The van der Waals surface area contributed by atoms with Gasteiger partial charge in [0.1, 0.15) is 0 Å². The molecule has 1 aliphatic carbocycles. The van der Waals surface area contributed by atoms with Gasteiger partial charge in [-0.1, -0.05) is 0 Å². The van der Waals surface area contributed by atoms with Crippen LogP contribution in [-0.2, 0) is 6.42 Å². The summed E-state index contributed by atoms with van der Waals surface area (Å²) in [7, 11) is 0. The standard InChI is InChI=1S/C9H11BrN2O/c10-6-3-5-1-2-7(13)8(11)9(5)12-4-6/h3-4,7-8,13H,1-2,11H2/t7-,8+/m0/s1. The Morgan fingerprint density at radius 2 is 2.38 bits per heavy atom. The number of nitrogens with two attached hydrogens (primary N) is 1. The average Bonchev–Trinajstić information content (AvgIpc) is 2.12. The van der Waals surface area contributed by atoms with E-state index in [-0.39, 0.29) is 6.04 Å². The highest BCUT2D eigenvalue weighted by atomic mass is 79.9. The molecule has 0 aliphatic heterocycles. The Morgan fingerprint density at radius 1 is 1.62 bits per heavy atom. The number of aryl methyl sites for hydroxylation is 1. The van der Waals surface area contributed by atoms with Crippen LogP contribution < -0.4 is 5.73 Å². The van der Waals surface area contributed by atoms with Crippen molar-refractivity contribution < 1.29 is 5.11 Å². The minimum Gasteiger partial charge on any atom is -0.391 e. The fourth-order valence-corrected chi connectivity index (χ4v) is 2.04. The Bertz CT molecular complexity index is 329. The van der Waals surface area contributed by atoms with Gasteiger partial charge in [0.05, 0.1) is 17.8 Å². The van der Waals surface area contributed by atoms with Crippen molar-refractivity contribution in [3.05, 3.63) is 28.0 Å². The summed E-state index contributed by atoms with van der Waals surface area (Å²) in [5.74, 6) is 0. The molecule has 0 aromatic carbocycles. The van der Waals surface area contributed by atoms with Crippen LogP contribution in [0.3, 0.4) is 0 Å². The fourth-order valence-electron chi connectivity index (χ4n) is 1.66. The van der Waals surface area contributed by atoms with Crippen LogP contribution in [0.15, 0.2) is 16.7 Å². The van der Waals surface area contributed by atoms with Gasteiger partial charge in [0, 0.05) is 10.7 Å². The van der Waals surface area contributed by atoms with Crippen molar-refractivity contribution in [2.24, 2.45) is 5.73 Å². The molecule has 1 aromatic rings. The molecular weight excluding hydrogens is 232 g/mol. The highest BCUT2D eigenvalue weighted by molar-refractivity contribution is 9.10. The number of nitrogens with zero attached hydrogens (tertiary/aromatic N) is 1. The molecule has 1 heterocycles. The van der Waals surface area contributed by atoms with Crippen molar-refractivity contribution >= 4 is 15.9 Å². The first-order valence-corrected chi connectivity index (χ1v) is 5.06. The number of aromatic nitrogens is 1. The molecule has 2 atom stereocenters. The second-order valence-electron chi connectivity index (χ2n) is 3.33. The second kappa shape index (κ2) is 3.36. The summed E-state index contributed by atoms with van der Waals surface area (Å²) in [6.45, 7) is 0. The molecule has 0 spiro atoms. The van der Waals surface area contributed by atoms with Crippen molar-refractivity contribution in [3.8, 4) is 0 Å². The highest BCUT2D eigenvalue weighted by Crippen LogP contribution is 2.28. The number of aliphatic hydroxyl groups excluding tert-OH is 1. The maximum atomic E-state index is 9.52. The molecule has 3 N–H and O–H groups in total. The summed E-state index contributed by atoms with van der Waals surface area (Å²) in [6.07, 6.45) is 2.86. The summed E-state index contributed by atoms with van der Waals surface area (Å²) < 4.78 is 0.967. The lowest BCUT2D eigenvalue weighted by atomic mass is 9.90. The Kier molecular flexibility index (Phi) is 2.36. The number of halogens is 1. The minimum absolute atomic E-state index is 0.322. The second-order valence-corrected chi connectivity index (χ2v) is 4.25. The van der Waals surface area contributed by atoms with Crippen LogP contribution in [0.5, 0.6) is 0 Å². The molecule has 13 heavy (non-hydrogen) atoms. The van der Waals surface area contributed by atoms with Crippen LogP contribution in [0.25, 0.3) is 0 Å². The van der Waals surface area contributed by atoms with Gasteiger partial charge in [-0.3, -0.25) is 4.98 Å². The monoisotopic (exact) mass is 242 g/mol. The van der Waals surface area contributed by atoms with E-state index in [1.807, 2.05) is 6.07 Å². The summed E-state index contributed by atoms with van der Waals surface area (Å²) in [5, 5.41) is 9.52. The van der Waals surface area contributed by atoms with E-state index >= 15 is 0 Å². The first-order chi connectivity index (χ1) is 6.18. The lowest BCUT2D eigenvalue weighted by Crippen LogP contribution is -2.32. The SMILES string of the molecule is N[C@H]1c2ncc(Br)cc2CC[C@@H]1O. The number of fused-ring (bicyclic) bond motifs is 1. The van der Waals surface area contributed by atoms with E-state index in [1.165, 1.54) is 0 Å². The van der Waals surface area contributed by atoms with Crippen LogP contribution in [0, 0.1) is 0 Å². The first kappa shape index (κ1) is 9.12. The molecular formula is C9H11BrN2O. The predicted molar refractivity (Wildman–Crippen MR) is 53.2 cm³/mol. The Hall–Kier alpha value is -0.450. The maximum absolute atomic E-state index is 9.52. The van der Waals surface area contributed by atoms with Gasteiger partial charge >= 0.3 is 0 Å². The predicted octanol–water partition coefficient (Wildman–Crippen LogP) is 1.15.